The number of fused-ring (bicyclic) bond motifs is 1. The van der Waals surface area contributed by atoms with E-state index in [0.717, 1.165) is 16.6 Å². The molecule has 1 aromatic carbocycles. The molecule has 1 amide bonds. The van der Waals surface area contributed by atoms with Crippen LogP contribution in [0.2, 0.25) is 0 Å². The van der Waals surface area contributed by atoms with Crippen LogP contribution >= 0.6 is 0 Å². The number of carbonyl (C=O) groups excluding carboxylic acids is 1. The third kappa shape index (κ3) is 2.63. The van der Waals surface area contributed by atoms with E-state index in [4.69, 9.17) is 4.74 Å². The maximum Gasteiger partial charge on any atom is 0.414 e. The number of hydrogen-bond donors (Lipinski definition) is 2. The van der Waals surface area contributed by atoms with Crippen LogP contribution in [-0.4, -0.2) is 22.7 Å². The van der Waals surface area contributed by atoms with Gasteiger partial charge in [-0.05, 0) is 24.6 Å². The lowest BCUT2D eigenvalue weighted by Crippen LogP contribution is -2.14. The van der Waals surface area contributed by atoms with E-state index >= 15 is 0 Å². The summed E-state index contributed by atoms with van der Waals surface area (Å²) in [7, 11) is 0. The Morgan fingerprint density at radius 1 is 1.65 bits per heavy atom. The first-order valence-corrected chi connectivity index (χ1v) is 5.20. The van der Waals surface area contributed by atoms with E-state index in [9.17, 15) is 4.79 Å². The van der Waals surface area contributed by atoms with Crippen molar-refractivity contribution in [1.82, 2.24) is 9.97 Å². The number of ether oxygens (including phenoxy) is 1. The van der Waals surface area contributed by atoms with Crippen molar-refractivity contribution < 1.29 is 9.53 Å². The number of rotatable bonds is 3. The Morgan fingerprint density at radius 2 is 2.47 bits per heavy atom. The number of imidazole rings is 1. The van der Waals surface area contributed by atoms with Gasteiger partial charge in [-0.25, -0.2) is 9.78 Å². The van der Waals surface area contributed by atoms with E-state index in [1.807, 2.05) is 25.1 Å². The number of carbonyl (C=O) groups is 1. The lowest BCUT2D eigenvalue weighted by Gasteiger charge is -2.00. The second-order valence-corrected chi connectivity index (χ2v) is 3.62. The van der Waals surface area contributed by atoms with Gasteiger partial charge in [0.25, 0.3) is 0 Å². The molecule has 0 bridgehead atoms. The number of amides is 1. The highest BCUT2D eigenvalue weighted by Gasteiger charge is 2.06. The molecule has 2 aromatic rings. The Morgan fingerprint density at radius 3 is 3.24 bits per heavy atom. The largest absolute Gasteiger partial charge is 0.445 e. The van der Waals surface area contributed by atoms with Crippen molar-refractivity contribution in [3.05, 3.63) is 36.4 Å². The van der Waals surface area contributed by atoms with Gasteiger partial charge in [0.1, 0.15) is 6.61 Å². The highest BCUT2D eigenvalue weighted by Crippen LogP contribution is 2.15. The van der Waals surface area contributed by atoms with E-state index in [-0.39, 0.29) is 6.61 Å². The average Bonchev–Trinajstić information content (AvgIpc) is 2.67. The summed E-state index contributed by atoms with van der Waals surface area (Å²) in [5.74, 6) is 0.375. The highest BCUT2D eigenvalue weighted by molar-refractivity contribution is 5.86. The fourth-order valence-electron chi connectivity index (χ4n) is 1.44. The average molecular weight is 231 g/mol. The number of aromatic nitrogens is 2. The Bertz CT molecular complexity index is 560. The molecule has 0 atom stereocenters. The minimum absolute atomic E-state index is 0.172. The molecule has 0 saturated carbocycles. The van der Waals surface area contributed by atoms with Crippen molar-refractivity contribution in [1.29, 1.82) is 0 Å². The van der Waals surface area contributed by atoms with Gasteiger partial charge in [-0.3, -0.25) is 5.32 Å². The molecule has 88 valence electrons. The van der Waals surface area contributed by atoms with E-state index < -0.39 is 6.09 Å². The molecule has 0 radical (unpaired) electrons. The van der Waals surface area contributed by atoms with Crippen LogP contribution in [0.25, 0.3) is 11.0 Å². The zero-order valence-electron chi connectivity index (χ0n) is 9.49. The maximum atomic E-state index is 11.3. The molecule has 1 heterocycles. The quantitative estimate of drug-likeness (QED) is 0.798. The molecule has 0 spiro atoms. The molecule has 1 aromatic heterocycles. The third-order valence-electron chi connectivity index (χ3n) is 2.19. The number of benzene rings is 1. The van der Waals surface area contributed by atoms with Gasteiger partial charge >= 0.3 is 6.09 Å². The minimum Gasteiger partial charge on any atom is -0.445 e. The number of hydrogen-bond acceptors (Lipinski definition) is 3. The first-order chi connectivity index (χ1) is 8.19. The Hall–Kier alpha value is -2.30. The number of anilines is 1. The van der Waals surface area contributed by atoms with Gasteiger partial charge in [-0.1, -0.05) is 18.7 Å². The van der Waals surface area contributed by atoms with Crippen LogP contribution in [0.4, 0.5) is 10.7 Å². The van der Waals surface area contributed by atoms with Crippen LogP contribution in [-0.2, 0) is 4.74 Å². The summed E-state index contributed by atoms with van der Waals surface area (Å²) < 4.78 is 4.79. The van der Waals surface area contributed by atoms with Crippen molar-refractivity contribution in [2.45, 2.75) is 6.92 Å². The summed E-state index contributed by atoms with van der Waals surface area (Å²) in [6.45, 7) is 5.61. The van der Waals surface area contributed by atoms with Gasteiger partial charge in [-0.2, -0.15) is 0 Å². The van der Waals surface area contributed by atoms with Gasteiger partial charge in [0.2, 0.25) is 5.95 Å². The summed E-state index contributed by atoms with van der Waals surface area (Å²) in [6.07, 6.45) is 0.947. The first kappa shape index (κ1) is 11.2. The lowest BCUT2D eigenvalue weighted by molar-refractivity contribution is 0.174. The first-order valence-electron chi connectivity index (χ1n) is 5.20. The molecular weight excluding hydrogens is 218 g/mol. The van der Waals surface area contributed by atoms with Gasteiger partial charge in [0, 0.05) is 0 Å². The minimum atomic E-state index is -0.555. The fourth-order valence-corrected chi connectivity index (χ4v) is 1.44. The molecule has 0 aliphatic carbocycles. The number of aromatic amines is 1. The predicted molar refractivity (Wildman–Crippen MR) is 66.0 cm³/mol. The van der Waals surface area contributed by atoms with Gasteiger partial charge in [0.05, 0.1) is 11.0 Å². The van der Waals surface area contributed by atoms with Gasteiger partial charge in [-0.15, -0.1) is 0 Å². The van der Waals surface area contributed by atoms with Crippen LogP contribution in [0.3, 0.4) is 0 Å². The number of nitrogens with zero attached hydrogens (tertiary/aromatic N) is 1. The Balaban J connectivity index is 2.14. The molecule has 2 N–H and O–H groups in total. The molecule has 0 aliphatic rings. The monoisotopic (exact) mass is 231 g/mol. The second kappa shape index (κ2) is 4.69. The Labute approximate surface area is 98.5 Å². The molecular formula is C12H13N3O2. The van der Waals surface area contributed by atoms with Crippen LogP contribution in [0.15, 0.2) is 30.9 Å². The van der Waals surface area contributed by atoms with Crippen LogP contribution in [0, 0.1) is 6.92 Å². The van der Waals surface area contributed by atoms with Crippen LogP contribution in [0.1, 0.15) is 5.56 Å². The maximum absolute atomic E-state index is 11.3. The molecule has 0 saturated heterocycles. The van der Waals surface area contributed by atoms with Gasteiger partial charge in [0.15, 0.2) is 0 Å². The predicted octanol–water partition coefficient (Wildman–Crippen LogP) is 2.61. The van der Waals surface area contributed by atoms with E-state index in [1.54, 1.807) is 0 Å². The van der Waals surface area contributed by atoms with Crippen molar-refractivity contribution >= 4 is 23.1 Å². The molecule has 17 heavy (non-hydrogen) atoms. The number of aryl methyl sites for hydroxylation is 1. The summed E-state index contributed by atoms with van der Waals surface area (Å²) in [5, 5.41) is 2.51. The Kier molecular flexibility index (Phi) is 3.09. The number of nitrogens with one attached hydrogen (secondary N) is 2. The van der Waals surface area contributed by atoms with Crippen LogP contribution in [0.5, 0.6) is 0 Å². The zero-order valence-corrected chi connectivity index (χ0v) is 9.49. The normalized spacial score (nSPS) is 10.2. The summed E-state index contributed by atoms with van der Waals surface area (Å²) in [5.41, 5.74) is 2.79. The number of H-pyrrole nitrogens is 1. The van der Waals surface area contributed by atoms with E-state index in [0.29, 0.717) is 5.95 Å². The SMILES string of the molecule is C=CCOC(=O)Nc1nc2cc(C)ccc2[nH]1. The van der Waals surface area contributed by atoms with E-state index in [2.05, 4.69) is 21.9 Å². The molecule has 0 fully saturated rings. The van der Waals surface area contributed by atoms with Crippen molar-refractivity contribution in [2.24, 2.45) is 0 Å². The van der Waals surface area contributed by atoms with E-state index in [1.165, 1.54) is 6.08 Å². The van der Waals surface area contributed by atoms with Crippen molar-refractivity contribution in [2.75, 3.05) is 11.9 Å². The smallest absolute Gasteiger partial charge is 0.414 e. The second-order valence-electron chi connectivity index (χ2n) is 3.62. The molecule has 0 unspecified atom stereocenters. The summed E-state index contributed by atoms with van der Waals surface area (Å²) >= 11 is 0. The lowest BCUT2D eigenvalue weighted by atomic mass is 10.2. The zero-order chi connectivity index (χ0) is 12.3. The molecule has 0 aliphatic heterocycles. The third-order valence-corrected chi connectivity index (χ3v) is 2.19. The fraction of sp³-hybridized carbons (Fsp3) is 0.167. The van der Waals surface area contributed by atoms with Crippen molar-refractivity contribution in [3.8, 4) is 0 Å². The topological polar surface area (TPSA) is 67.0 Å². The highest BCUT2D eigenvalue weighted by atomic mass is 16.5. The molecule has 5 nitrogen and oxygen atoms in total. The summed E-state index contributed by atoms with van der Waals surface area (Å²) in [6, 6.07) is 5.82. The molecule has 2 rings (SSSR count). The standard InChI is InChI=1S/C12H13N3O2/c1-3-6-17-12(16)15-11-13-9-5-4-8(2)7-10(9)14-11/h3-5,7H,1,6H2,2H3,(H2,13,14,15,16). The van der Waals surface area contributed by atoms with Crippen LogP contribution < -0.4 is 5.32 Å². The summed E-state index contributed by atoms with van der Waals surface area (Å²) in [4.78, 5) is 18.5. The van der Waals surface area contributed by atoms with Crippen molar-refractivity contribution in [3.63, 3.8) is 0 Å². The molecule has 5 heteroatoms. The van der Waals surface area contributed by atoms with Gasteiger partial charge < -0.3 is 9.72 Å².